The lowest BCUT2D eigenvalue weighted by Gasteiger charge is -2.21. The summed E-state index contributed by atoms with van der Waals surface area (Å²) in [5, 5.41) is 9.54. The molecule has 0 aliphatic heterocycles. The number of ether oxygens (including phenoxy) is 2. The van der Waals surface area contributed by atoms with Crippen molar-refractivity contribution in [3.8, 4) is 0 Å². The van der Waals surface area contributed by atoms with Crippen LogP contribution < -0.4 is 0 Å². The van der Waals surface area contributed by atoms with Crippen molar-refractivity contribution < 1.29 is 24.2 Å². The first-order valence-electron chi connectivity index (χ1n) is 21.8. The van der Waals surface area contributed by atoms with Crippen molar-refractivity contribution in [3.05, 3.63) is 0 Å². The van der Waals surface area contributed by atoms with Gasteiger partial charge in [-0.1, -0.05) is 142 Å². The quantitative estimate of drug-likeness (QED) is 0.0520. The van der Waals surface area contributed by atoms with Crippen LogP contribution in [0.3, 0.4) is 0 Å². The van der Waals surface area contributed by atoms with E-state index in [-0.39, 0.29) is 24.6 Å². The minimum absolute atomic E-state index is 0.0128. The predicted octanol–water partition coefficient (Wildman–Crippen LogP) is 11.9. The smallest absolute Gasteiger partial charge is 0.306 e. The molecule has 0 aromatic rings. The number of rotatable bonds is 36. The Labute approximate surface area is 304 Å². The fourth-order valence-corrected chi connectivity index (χ4v) is 7.37. The van der Waals surface area contributed by atoms with E-state index >= 15 is 0 Å². The minimum Gasteiger partial charge on any atom is -0.465 e. The van der Waals surface area contributed by atoms with Crippen LogP contribution in [0, 0.1) is 5.92 Å². The number of aliphatic hydroxyl groups excluding tert-OH is 1. The molecule has 0 saturated heterocycles. The zero-order valence-electron chi connectivity index (χ0n) is 32.8. The van der Waals surface area contributed by atoms with Crippen molar-refractivity contribution in [2.24, 2.45) is 5.92 Å². The summed E-state index contributed by atoms with van der Waals surface area (Å²) in [5.74, 6) is 0.598. The van der Waals surface area contributed by atoms with Crippen LogP contribution in [0.1, 0.15) is 219 Å². The highest BCUT2D eigenvalue weighted by Crippen LogP contribution is 2.24. The van der Waals surface area contributed by atoms with Crippen molar-refractivity contribution in [2.45, 2.75) is 225 Å². The third-order valence-corrected chi connectivity index (χ3v) is 10.6. The van der Waals surface area contributed by atoms with E-state index in [1.807, 2.05) is 0 Å². The zero-order chi connectivity index (χ0) is 35.5. The third kappa shape index (κ3) is 30.2. The summed E-state index contributed by atoms with van der Waals surface area (Å²) in [7, 11) is 0. The number of esters is 2. The van der Waals surface area contributed by atoms with Crippen LogP contribution in [0.15, 0.2) is 0 Å². The fourth-order valence-electron chi connectivity index (χ4n) is 7.37. The van der Waals surface area contributed by atoms with E-state index in [1.54, 1.807) is 0 Å². The largest absolute Gasteiger partial charge is 0.465 e. The van der Waals surface area contributed by atoms with Gasteiger partial charge in [0.1, 0.15) is 6.10 Å². The molecule has 0 heterocycles. The summed E-state index contributed by atoms with van der Waals surface area (Å²) in [6.45, 7) is 8.19. The average Bonchev–Trinajstić information content (AvgIpc) is 3.11. The molecule has 1 aliphatic rings. The summed E-state index contributed by atoms with van der Waals surface area (Å²) in [4.78, 5) is 27.2. The lowest BCUT2D eigenvalue weighted by molar-refractivity contribution is -0.150. The Morgan fingerprint density at radius 2 is 1.02 bits per heavy atom. The first-order valence-corrected chi connectivity index (χ1v) is 21.8. The van der Waals surface area contributed by atoms with Crippen molar-refractivity contribution >= 4 is 11.9 Å². The maximum absolute atomic E-state index is 12.7. The van der Waals surface area contributed by atoms with Gasteiger partial charge in [-0.05, 0) is 83.2 Å². The molecule has 1 aliphatic carbocycles. The molecule has 0 spiro atoms. The molecule has 1 fully saturated rings. The molecular weight excluding hydrogens is 610 g/mol. The predicted molar refractivity (Wildman–Crippen MR) is 207 cm³/mol. The lowest BCUT2D eigenvalue weighted by Crippen LogP contribution is -2.29. The van der Waals surface area contributed by atoms with E-state index in [9.17, 15) is 14.7 Å². The second kappa shape index (κ2) is 35.3. The van der Waals surface area contributed by atoms with Gasteiger partial charge in [0, 0.05) is 19.4 Å². The number of hydrogen-bond acceptors (Lipinski definition) is 6. The summed E-state index contributed by atoms with van der Waals surface area (Å²) in [5.41, 5.74) is 0. The summed E-state index contributed by atoms with van der Waals surface area (Å²) >= 11 is 0. The molecule has 49 heavy (non-hydrogen) atoms. The Morgan fingerprint density at radius 1 is 0.571 bits per heavy atom. The van der Waals surface area contributed by atoms with Gasteiger partial charge in [0.2, 0.25) is 0 Å². The molecule has 1 rings (SSSR count). The number of hydrogen-bond donors (Lipinski definition) is 1. The second-order valence-electron chi connectivity index (χ2n) is 15.4. The topological polar surface area (TPSA) is 76.1 Å². The van der Waals surface area contributed by atoms with Gasteiger partial charge in [-0.3, -0.25) is 9.59 Å². The van der Waals surface area contributed by atoms with E-state index in [4.69, 9.17) is 9.47 Å². The van der Waals surface area contributed by atoms with Crippen LogP contribution in [0.5, 0.6) is 0 Å². The standard InChI is InChI=1S/C43H83NO5/c1-3-5-7-9-11-15-24-32-41(31-23-14-10-8-6-4-2)49-43(47)34-26-17-13-19-28-36-44(37-38-45)35-27-18-12-16-25-33-42(46)48-39-40-29-21-20-22-30-40/h40-41,45H,3-39H2,1-2H3. The van der Waals surface area contributed by atoms with E-state index in [0.717, 1.165) is 83.8 Å². The van der Waals surface area contributed by atoms with Gasteiger partial charge < -0.3 is 19.5 Å². The molecule has 1 unspecified atom stereocenters. The van der Waals surface area contributed by atoms with Gasteiger partial charge in [-0.25, -0.2) is 0 Å². The maximum atomic E-state index is 12.7. The molecule has 0 aromatic heterocycles. The number of carbonyl (C=O) groups excluding carboxylic acids is 2. The maximum Gasteiger partial charge on any atom is 0.306 e. The molecule has 0 bridgehead atoms. The van der Waals surface area contributed by atoms with Crippen LogP contribution >= 0.6 is 0 Å². The van der Waals surface area contributed by atoms with Gasteiger partial charge in [0.05, 0.1) is 13.2 Å². The Bertz CT molecular complexity index is 725. The Hall–Kier alpha value is -1.14. The van der Waals surface area contributed by atoms with Crippen LogP contribution in [-0.2, 0) is 19.1 Å². The molecule has 1 atom stereocenters. The summed E-state index contributed by atoms with van der Waals surface area (Å²) in [6, 6.07) is 0. The number of nitrogens with zero attached hydrogens (tertiary/aromatic N) is 1. The van der Waals surface area contributed by atoms with Crippen molar-refractivity contribution in [1.82, 2.24) is 4.90 Å². The molecule has 0 radical (unpaired) electrons. The van der Waals surface area contributed by atoms with Gasteiger partial charge in [0.15, 0.2) is 0 Å². The van der Waals surface area contributed by atoms with E-state index in [0.29, 0.717) is 25.4 Å². The monoisotopic (exact) mass is 694 g/mol. The van der Waals surface area contributed by atoms with Gasteiger partial charge in [-0.2, -0.15) is 0 Å². The van der Waals surface area contributed by atoms with E-state index < -0.39 is 0 Å². The van der Waals surface area contributed by atoms with Gasteiger partial charge in [-0.15, -0.1) is 0 Å². The third-order valence-electron chi connectivity index (χ3n) is 10.6. The SMILES string of the molecule is CCCCCCCCCC(CCCCCCCC)OC(=O)CCCCCCCN(CCO)CCCCCCCC(=O)OCC1CCCCC1. The molecule has 0 aromatic carbocycles. The zero-order valence-corrected chi connectivity index (χ0v) is 32.8. The highest BCUT2D eigenvalue weighted by Gasteiger charge is 2.16. The molecule has 6 nitrogen and oxygen atoms in total. The molecule has 0 amide bonds. The van der Waals surface area contributed by atoms with Crippen molar-refractivity contribution in [3.63, 3.8) is 0 Å². The van der Waals surface area contributed by atoms with Crippen molar-refractivity contribution in [1.29, 1.82) is 0 Å². The van der Waals surface area contributed by atoms with Crippen LogP contribution in [0.25, 0.3) is 0 Å². The Kier molecular flexibility index (Phi) is 33.0. The summed E-state index contributed by atoms with van der Waals surface area (Å²) < 4.78 is 11.5. The summed E-state index contributed by atoms with van der Waals surface area (Å²) in [6.07, 6.45) is 37.5. The number of unbranched alkanes of at least 4 members (excludes halogenated alkanes) is 19. The Morgan fingerprint density at radius 3 is 1.53 bits per heavy atom. The average molecular weight is 694 g/mol. The highest BCUT2D eigenvalue weighted by atomic mass is 16.5. The van der Waals surface area contributed by atoms with Crippen LogP contribution in [-0.4, -0.2) is 60.9 Å². The number of aliphatic hydroxyl groups is 1. The molecule has 290 valence electrons. The Balaban J connectivity index is 2.10. The normalized spacial score (nSPS) is 14.4. The molecule has 6 heteroatoms. The molecular formula is C43H83NO5. The molecule has 1 N–H and O–H groups in total. The van der Waals surface area contributed by atoms with Crippen molar-refractivity contribution in [2.75, 3.05) is 32.8 Å². The lowest BCUT2D eigenvalue weighted by atomic mass is 9.90. The molecule has 1 saturated carbocycles. The highest BCUT2D eigenvalue weighted by molar-refractivity contribution is 5.69. The second-order valence-corrected chi connectivity index (χ2v) is 15.4. The first kappa shape index (κ1) is 45.9. The number of carbonyl (C=O) groups is 2. The van der Waals surface area contributed by atoms with Crippen LogP contribution in [0.4, 0.5) is 0 Å². The van der Waals surface area contributed by atoms with E-state index in [2.05, 4.69) is 18.7 Å². The minimum atomic E-state index is -0.0128. The first-order chi connectivity index (χ1) is 24.1. The van der Waals surface area contributed by atoms with Gasteiger partial charge >= 0.3 is 11.9 Å². The van der Waals surface area contributed by atoms with Gasteiger partial charge in [0.25, 0.3) is 0 Å². The van der Waals surface area contributed by atoms with E-state index in [1.165, 1.54) is 128 Å². The fraction of sp³-hybridized carbons (Fsp3) is 0.953. The van der Waals surface area contributed by atoms with Crippen LogP contribution in [0.2, 0.25) is 0 Å².